The number of rotatable bonds is 6. The number of aromatic nitrogens is 1. The molecule has 0 aliphatic carbocycles. The molecule has 4 heteroatoms. The van der Waals surface area contributed by atoms with Crippen molar-refractivity contribution >= 4 is 11.7 Å². The molecule has 1 amide bonds. The van der Waals surface area contributed by atoms with Crippen molar-refractivity contribution in [3.8, 4) is 5.75 Å². The molecule has 1 heterocycles. The summed E-state index contributed by atoms with van der Waals surface area (Å²) in [7, 11) is 0. The highest BCUT2D eigenvalue weighted by molar-refractivity contribution is 5.89. The smallest absolute Gasteiger partial charge is 0.225 e. The molecule has 2 rings (SSSR count). The summed E-state index contributed by atoms with van der Waals surface area (Å²) in [4.78, 5) is 15.6. The lowest BCUT2D eigenvalue weighted by molar-refractivity contribution is -0.116. The number of para-hydroxylation sites is 1. The Hall–Kier alpha value is -2.36. The number of benzene rings is 1. The van der Waals surface area contributed by atoms with Gasteiger partial charge >= 0.3 is 0 Å². The van der Waals surface area contributed by atoms with E-state index in [1.807, 2.05) is 42.5 Å². The molecule has 0 aliphatic heterocycles. The molecule has 0 aliphatic rings. The maximum atomic E-state index is 11.6. The second-order valence-electron chi connectivity index (χ2n) is 4.03. The highest BCUT2D eigenvalue weighted by Crippen LogP contribution is 2.09. The predicted molar refractivity (Wildman–Crippen MR) is 74.0 cm³/mol. The van der Waals surface area contributed by atoms with Gasteiger partial charge in [0.1, 0.15) is 11.6 Å². The van der Waals surface area contributed by atoms with E-state index in [-0.39, 0.29) is 5.91 Å². The third kappa shape index (κ3) is 4.79. The molecule has 0 saturated carbocycles. The van der Waals surface area contributed by atoms with Crippen LogP contribution in [0.1, 0.15) is 12.8 Å². The fourth-order valence-corrected chi connectivity index (χ4v) is 1.58. The van der Waals surface area contributed by atoms with Crippen LogP contribution in [0.25, 0.3) is 0 Å². The quantitative estimate of drug-likeness (QED) is 0.808. The van der Waals surface area contributed by atoms with Gasteiger partial charge in [0.15, 0.2) is 0 Å². The Kier molecular flexibility index (Phi) is 4.93. The number of nitrogens with zero attached hydrogens (tertiary/aromatic N) is 1. The number of hydrogen-bond acceptors (Lipinski definition) is 3. The number of carbonyl (C=O) groups excluding carboxylic acids is 1. The highest BCUT2D eigenvalue weighted by Gasteiger charge is 2.02. The summed E-state index contributed by atoms with van der Waals surface area (Å²) >= 11 is 0. The Morgan fingerprint density at radius 2 is 1.89 bits per heavy atom. The lowest BCUT2D eigenvalue weighted by atomic mass is 10.3. The Labute approximate surface area is 112 Å². The van der Waals surface area contributed by atoms with Gasteiger partial charge in [-0.3, -0.25) is 4.79 Å². The number of ether oxygens (including phenoxy) is 1. The van der Waals surface area contributed by atoms with Crippen molar-refractivity contribution in [3.63, 3.8) is 0 Å². The first-order valence-electron chi connectivity index (χ1n) is 6.23. The first-order valence-corrected chi connectivity index (χ1v) is 6.23. The maximum absolute atomic E-state index is 11.6. The fraction of sp³-hybridized carbons (Fsp3) is 0.200. The van der Waals surface area contributed by atoms with E-state index in [1.54, 1.807) is 12.3 Å². The van der Waals surface area contributed by atoms with E-state index in [0.717, 1.165) is 5.75 Å². The summed E-state index contributed by atoms with van der Waals surface area (Å²) in [6.07, 6.45) is 2.74. The lowest BCUT2D eigenvalue weighted by Gasteiger charge is -2.06. The first-order chi connectivity index (χ1) is 9.34. The predicted octanol–water partition coefficient (Wildman–Crippen LogP) is 2.88. The molecule has 4 nitrogen and oxygen atoms in total. The summed E-state index contributed by atoms with van der Waals surface area (Å²) in [5.41, 5.74) is 0. The molecule has 0 bridgehead atoms. The molecule has 1 aromatic carbocycles. The van der Waals surface area contributed by atoms with Gasteiger partial charge in [0.2, 0.25) is 5.91 Å². The van der Waals surface area contributed by atoms with E-state index in [2.05, 4.69) is 10.3 Å². The van der Waals surface area contributed by atoms with Crippen molar-refractivity contribution in [2.45, 2.75) is 12.8 Å². The normalized spacial score (nSPS) is 9.89. The number of anilines is 1. The number of nitrogens with one attached hydrogen (secondary N) is 1. The molecule has 0 atom stereocenters. The Balaban J connectivity index is 1.65. The third-order valence-corrected chi connectivity index (χ3v) is 2.49. The second kappa shape index (κ2) is 7.16. The lowest BCUT2D eigenvalue weighted by Crippen LogP contribution is -2.13. The van der Waals surface area contributed by atoms with Crippen LogP contribution in [0.15, 0.2) is 54.7 Å². The van der Waals surface area contributed by atoms with Gasteiger partial charge in [-0.2, -0.15) is 0 Å². The monoisotopic (exact) mass is 256 g/mol. The van der Waals surface area contributed by atoms with Crippen molar-refractivity contribution in [1.29, 1.82) is 0 Å². The highest BCUT2D eigenvalue weighted by atomic mass is 16.5. The van der Waals surface area contributed by atoms with Crippen LogP contribution >= 0.6 is 0 Å². The van der Waals surface area contributed by atoms with Crippen LogP contribution in [-0.4, -0.2) is 17.5 Å². The van der Waals surface area contributed by atoms with E-state index < -0.39 is 0 Å². The van der Waals surface area contributed by atoms with Gasteiger partial charge in [-0.15, -0.1) is 0 Å². The summed E-state index contributed by atoms with van der Waals surface area (Å²) in [6.45, 7) is 0.527. The third-order valence-electron chi connectivity index (χ3n) is 2.49. The van der Waals surface area contributed by atoms with Gasteiger partial charge in [-0.1, -0.05) is 24.3 Å². The number of amides is 1. The zero-order chi connectivity index (χ0) is 13.3. The van der Waals surface area contributed by atoms with Gasteiger partial charge in [0.25, 0.3) is 0 Å². The summed E-state index contributed by atoms with van der Waals surface area (Å²) in [5, 5.41) is 2.73. The maximum Gasteiger partial charge on any atom is 0.225 e. The van der Waals surface area contributed by atoms with Gasteiger partial charge in [0, 0.05) is 12.6 Å². The second-order valence-corrected chi connectivity index (χ2v) is 4.03. The Morgan fingerprint density at radius 3 is 2.63 bits per heavy atom. The molecule has 0 spiro atoms. The molecule has 1 N–H and O–H groups in total. The average molecular weight is 256 g/mol. The van der Waals surface area contributed by atoms with Crippen LogP contribution < -0.4 is 10.1 Å². The van der Waals surface area contributed by atoms with Crippen LogP contribution in [0.4, 0.5) is 5.82 Å². The number of carbonyl (C=O) groups is 1. The standard InChI is InChI=1S/C15H16N2O2/c18-15(17-14-9-4-5-11-16-14)10-6-12-19-13-7-2-1-3-8-13/h1-5,7-9,11H,6,10,12H2,(H,16,17,18). The minimum Gasteiger partial charge on any atom is -0.494 e. The molecule has 0 radical (unpaired) electrons. The van der Waals surface area contributed by atoms with Crippen LogP contribution in [0.3, 0.4) is 0 Å². The van der Waals surface area contributed by atoms with Gasteiger partial charge in [0.05, 0.1) is 6.61 Å². The first kappa shape index (κ1) is 13.1. The minimum atomic E-state index is -0.0460. The number of hydrogen-bond donors (Lipinski definition) is 1. The van der Waals surface area contributed by atoms with Crippen molar-refractivity contribution in [2.75, 3.05) is 11.9 Å². The van der Waals surface area contributed by atoms with Gasteiger partial charge in [-0.05, 0) is 30.7 Å². The SMILES string of the molecule is O=C(CCCOc1ccccc1)Nc1ccccn1. The van der Waals surface area contributed by atoms with Crippen LogP contribution in [-0.2, 0) is 4.79 Å². The van der Waals surface area contributed by atoms with Crippen molar-refractivity contribution in [1.82, 2.24) is 4.98 Å². The fourth-order valence-electron chi connectivity index (χ4n) is 1.58. The minimum absolute atomic E-state index is 0.0460. The molecule has 98 valence electrons. The molecule has 0 saturated heterocycles. The molecule has 0 unspecified atom stereocenters. The van der Waals surface area contributed by atoms with Crippen molar-refractivity contribution in [2.24, 2.45) is 0 Å². The zero-order valence-electron chi connectivity index (χ0n) is 10.6. The molecular weight excluding hydrogens is 240 g/mol. The van der Waals surface area contributed by atoms with Crippen LogP contribution in [0.2, 0.25) is 0 Å². The largest absolute Gasteiger partial charge is 0.494 e. The van der Waals surface area contributed by atoms with E-state index in [1.165, 1.54) is 0 Å². The molecular formula is C15H16N2O2. The van der Waals surface area contributed by atoms with Gasteiger partial charge < -0.3 is 10.1 Å². The molecule has 2 aromatic rings. The summed E-state index contributed by atoms with van der Waals surface area (Å²) in [5.74, 6) is 1.36. The molecule has 0 fully saturated rings. The zero-order valence-corrected chi connectivity index (χ0v) is 10.6. The van der Waals surface area contributed by atoms with Crippen LogP contribution in [0.5, 0.6) is 5.75 Å². The Morgan fingerprint density at radius 1 is 1.11 bits per heavy atom. The van der Waals surface area contributed by atoms with Crippen molar-refractivity contribution < 1.29 is 9.53 Å². The Bertz CT molecular complexity index is 500. The summed E-state index contributed by atoms with van der Waals surface area (Å²) < 4.78 is 5.51. The number of pyridine rings is 1. The molecule has 19 heavy (non-hydrogen) atoms. The van der Waals surface area contributed by atoms with E-state index in [0.29, 0.717) is 25.3 Å². The van der Waals surface area contributed by atoms with Crippen molar-refractivity contribution in [3.05, 3.63) is 54.7 Å². The van der Waals surface area contributed by atoms with E-state index in [4.69, 9.17) is 4.74 Å². The molecule has 1 aromatic heterocycles. The van der Waals surface area contributed by atoms with E-state index >= 15 is 0 Å². The summed E-state index contributed by atoms with van der Waals surface area (Å²) in [6, 6.07) is 15.0. The van der Waals surface area contributed by atoms with Crippen LogP contribution in [0, 0.1) is 0 Å². The van der Waals surface area contributed by atoms with Gasteiger partial charge in [-0.25, -0.2) is 4.98 Å². The van der Waals surface area contributed by atoms with E-state index in [9.17, 15) is 4.79 Å². The average Bonchev–Trinajstić information content (AvgIpc) is 2.46. The topological polar surface area (TPSA) is 51.2 Å².